The quantitative estimate of drug-likeness (QED) is 0.666. The van der Waals surface area contributed by atoms with Crippen LogP contribution in [0, 0.1) is 27.7 Å². The number of aryl methyl sites for hydroxylation is 4. The lowest BCUT2D eigenvalue weighted by atomic mass is 10.1. The first-order valence-electron chi connectivity index (χ1n) is 4.40. The van der Waals surface area contributed by atoms with Crippen LogP contribution in [0.4, 0.5) is 0 Å². The van der Waals surface area contributed by atoms with E-state index in [1.54, 1.807) is 0 Å². The molecule has 2 rings (SSSR count). The van der Waals surface area contributed by atoms with Crippen molar-refractivity contribution in [2.24, 2.45) is 0 Å². The predicted octanol–water partition coefficient (Wildman–Crippen LogP) is 2.19. The fraction of sp³-hybridized carbons (Fsp3) is 0.400. The van der Waals surface area contributed by atoms with E-state index in [-0.39, 0.29) is 0 Å². The molecule has 0 aromatic carbocycles. The Morgan fingerprint density at radius 1 is 0.769 bits per heavy atom. The number of fused-ring (bicyclic) bond motifs is 1. The van der Waals surface area contributed by atoms with E-state index in [0.717, 1.165) is 11.4 Å². The average molecular weight is 175 g/mol. The molecule has 2 aromatic heterocycles. The Bertz CT molecular complexity index is 426. The number of H-pyrrole nitrogens is 1. The normalized spacial score (nSPS) is 11.1. The molecule has 0 aliphatic rings. The summed E-state index contributed by atoms with van der Waals surface area (Å²) in [5, 5.41) is 10.7. The maximum atomic E-state index is 4.11. The van der Waals surface area contributed by atoms with Crippen molar-refractivity contribution in [3.63, 3.8) is 0 Å². The third-order valence-corrected chi connectivity index (χ3v) is 2.45. The number of nitrogens with one attached hydrogen (secondary N) is 1. The molecule has 0 atom stereocenters. The summed E-state index contributed by atoms with van der Waals surface area (Å²) in [6, 6.07) is 0. The van der Waals surface area contributed by atoms with Gasteiger partial charge in [-0.2, -0.15) is 10.2 Å². The second kappa shape index (κ2) is 2.55. The van der Waals surface area contributed by atoms with Crippen molar-refractivity contribution in [1.82, 2.24) is 15.2 Å². The summed E-state index contributed by atoms with van der Waals surface area (Å²) >= 11 is 0. The molecule has 0 spiro atoms. The van der Waals surface area contributed by atoms with Gasteiger partial charge in [0.25, 0.3) is 0 Å². The van der Waals surface area contributed by atoms with Gasteiger partial charge in [0.2, 0.25) is 0 Å². The summed E-state index contributed by atoms with van der Waals surface area (Å²) in [5.41, 5.74) is 4.37. The van der Waals surface area contributed by atoms with Gasteiger partial charge in [-0.05, 0) is 27.7 Å². The van der Waals surface area contributed by atoms with Gasteiger partial charge >= 0.3 is 0 Å². The number of hydrogen-bond donors (Lipinski definition) is 1. The zero-order valence-electron chi connectivity index (χ0n) is 8.39. The summed E-state index contributed by atoms with van der Waals surface area (Å²) in [7, 11) is 0. The highest BCUT2D eigenvalue weighted by Gasteiger charge is 2.10. The number of rotatable bonds is 0. The molecule has 3 heteroatoms. The van der Waals surface area contributed by atoms with Crippen molar-refractivity contribution in [3.8, 4) is 0 Å². The molecule has 0 radical (unpaired) electrons. The Labute approximate surface area is 77.2 Å². The van der Waals surface area contributed by atoms with E-state index in [4.69, 9.17) is 0 Å². The number of aromatic amines is 1. The largest absolute Gasteiger partial charge is 0.362 e. The van der Waals surface area contributed by atoms with Gasteiger partial charge in [-0.25, -0.2) is 0 Å². The molecular formula is C10H13N3. The molecule has 0 amide bonds. The zero-order chi connectivity index (χ0) is 9.59. The molecule has 2 heterocycles. The maximum Gasteiger partial charge on any atom is 0.0696 e. The van der Waals surface area contributed by atoms with Crippen LogP contribution < -0.4 is 0 Å². The van der Waals surface area contributed by atoms with Gasteiger partial charge in [0.05, 0.1) is 11.4 Å². The number of nitrogens with zero attached hydrogens (tertiary/aromatic N) is 2. The minimum Gasteiger partial charge on any atom is -0.362 e. The molecule has 0 fully saturated rings. The van der Waals surface area contributed by atoms with E-state index in [1.807, 2.05) is 13.8 Å². The average Bonchev–Trinajstić information content (AvgIpc) is 2.36. The van der Waals surface area contributed by atoms with Crippen molar-refractivity contribution in [2.75, 3.05) is 0 Å². The van der Waals surface area contributed by atoms with E-state index in [1.165, 1.54) is 22.2 Å². The number of aromatic nitrogens is 3. The van der Waals surface area contributed by atoms with Crippen molar-refractivity contribution < 1.29 is 0 Å². The molecule has 0 aliphatic carbocycles. The third kappa shape index (κ3) is 1.03. The van der Waals surface area contributed by atoms with E-state index >= 15 is 0 Å². The topological polar surface area (TPSA) is 41.6 Å². The minimum absolute atomic E-state index is 1.00. The Morgan fingerprint density at radius 2 is 1.15 bits per heavy atom. The first kappa shape index (κ1) is 8.23. The van der Waals surface area contributed by atoms with Crippen LogP contribution >= 0.6 is 0 Å². The van der Waals surface area contributed by atoms with Crippen molar-refractivity contribution >= 4 is 10.8 Å². The maximum absolute atomic E-state index is 4.11. The highest BCUT2D eigenvalue weighted by molar-refractivity contribution is 5.91. The Morgan fingerprint density at radius 3 is 1.54 bits per heavy atom. The van der Waals surface area contributed by atoms with Gasteiger partial charge in [-0.3, -0.25) is 0 Å². The third-order valence-electron chi connectivity index (χ3n) is 2.45. The number of hydrogen-bond acceptors (Lipinski definition) is 2. The standard InChI is InChI=1S/C10H13N3/c1-5-9-7(3)12-13-8(4)10(9)6(2)11-5/h11H,1-4H3. The van der Waals surface area contributed by atoms with E-state index < -0.39 is 0 Å². The van der Waals surface area contributed by atoms with Crippen LogP contribution in [-0.2, 0) is 0 Å². The molecule has 13 heavy (non-hydrogen) atoms. The van der Waals surface area contributed by atoms with Gasteiger partial charge < -0.3 is 4.98 Å². The lowest BCUT2D eigenvalue weighted by Gasteiger charge is -1.98. The monoisotopic (exact) mass is 175 g/mol. The predicted molar refractivity (Wildman–Crippen MR) is 52.8 cm³/mol. The van der Waals surface area contributed by atoms with Crippen molar-refractivity contribution in [2.45, 2.75) is 27.7 Å². The Balaban J connectivity index is 3.03. The summed E-state index contributed by atoms with van der Waals surface area (Å²) in [6.45, 7) is 8.14. The lowest BCUT2D eigenvalue weighted by molar-refractivity contribution is 0.964. The molecule has 0 saturated carbocycles. The van der Waals surface area contributed by atoms with E-state index in [0.29, 0.717) is 0 Å². The van der Waals surface area contributed by atoms with Crippen LogP contribution in [0.2, 0.25) is 0 Å². The molecular weight excluding hydrogens is 162 g/mol. The molecule has 68 valence electrons. The van der Waals surface area contributed by atoms with Crippen LogP contribution in [0.15, 0.2) is 0 Å². The van der Waals surface area contributed by atoms with Gasteiger partial charge in [-0.1, -0.05) is 0 Å². The van der Waals surface area contributed by atoms with E-state index in [9.17, 15) is 0 Å². The summed E-state index contributed by atoms with van der Waals surface area (Å²) in [5.74, 6) is 0. The van der Waals surface area contributed by atoms with Gasteiger partial charge in [-0.15, -0.1) is 0 Å². The molecule has 0 aliphatic heterocycles. The molecule has 0 unspecified atom stereocenters. The molecule has 0 saturated heterocycles. The summed E-state index contributed by atoms with van der Waals surface area (Å²) in [4.78, 5) is 3.32. The smallest absolute Gasteiger partial charge is 0.0696 e. The van der Waals surface area contributed by atoms with Gasteiger partial charge in [0.1, 0.15) is 0 Å². The highest BCUT2D eigenvalue weighted by Crippen LogP contribution is 2.25. The fourth-order valence-corrected chi connectivity index (χ4v) is 1.94. The van der Waals surface area contributed by atoms with Gasteiger partial charge in [0, 0.05) is 22.2 Å². The fourth-order valence-electron chi connectivity index (χ4n) is 1.94. The molecule has 3 nitrogen and oxygen atoms in total. The molecule has 1 N–H and O–H groups in total. The lowest BCUT2D eigenvalue weighted by Crippen LogP contribution is -1.91. The van der Waals surface area contributed by atoms with Crippen LogP contribution in [0.1, 0.15) is 22.8 Å². The van der Waals surface area contributed by atoms with Crippen LogP contribution in [0.25, 0.3) is 10.8 Å². The van der Waals surface area contributed by atoms with Crippen molar-refractivity contribution in [1.29, 1.82) is 0 Å². The Kier molecular flexibility index (Phi) is 1.62. The second-order valence-corrected chi connectivity index (χ2v) is 3.50. The first-order chi connectivity index (χ1) is 6.11. The second-order valence-electron chi connectivity index (χ2n) is 3.50. The SMILES string of the molecule is Cc1nnc(C)c2c(C)[nH]c(C)c12. The summed E-state index contributed by atoms with van der Waals surface area (Å²) < 4.78 is 0. The minimum atomic E-state index is 1.00. The van der Waals surface area contributed by atoms with Gasteiger partial charge in [0.15, 0.2) is 0 Å². The summed E-state index contributed by atoms with van der Waals surface area (Å²) in [6.07, 6.45) is 0. The first-order valence-corrected chi connectivity index (χ1v) is 4.40. The van der Waals surface area contributed by atoms with Crippen LogP contribution in [-0.4, -0.2) is 15.2 Å². The van der Waals surface area contributed by atoms with Crippen molar-refractivity contribution in [3.05, 3.63) is 22.8 Å². The van der Waals surface area contributed by atoms with Crippen LogP contribution in [0.3, 0.4) is 0 Å². The Hall–Kier alpha value is -1.38. The highest BCUT2D eigenvalue weighted by atomic mass is 15.1. The van der Waals surface area contributed by atoms with E-state index in [2.05, 4.69) is 29.0 Å². The molecule has 2 aromatic rings. The van der Waals surface area contributed by atoms with Crippen LogP contribution in [0.5, 0.6) is 0 Å². The zero-order valence-corrected chi connectivity index (χ0v) is 8.39. The molecule has 0 bridgehead atoms.